The Kier molecular flexibility index (Phi) is 4.70. The van der Waals surface area contributed by atoms with Crippen LogP contribution in [0.15, 0.2) is 36.4 Å². The van der Waals surface area contributed by atoms with Crippen molar-refractivity contribution in [1.82, 2.24) is 0 Å². The molecule has 0 fully saturated rings. The third kappa shape index (κ3) is 3.41. The number of hydrogen-bond acceptors (Lipinski definition) is 2. The van der Waals surface area contributed by atoms with Gasteiger partial charge in [0.25, 0.3) is 0 Å². The lowest BCUT2D eigenvalue weighted by molar-refractivity contribution is 0.476. The summed E-state index contributed by atoms with van der Waals surface area (Å²) in [5.74, 6) is 1.23. The van der Waals surface area contributed by atoms with Gasteiger partial charge in [-0.3, -0.25) is 0 Å². The lowest BCUT2D eigenvalue weighted by Crippen LogP contribution is -2.04. The molecule has 2 nitrogen and oxygen atoms in total. The van der Waals surface area contributed by atoms with Crippen LogP contribution in [0.5, 0.6) is 11.5 Å². The quantitative estimate of drug-likeness (QED) is 0.895. The second-order valence-electron chi connectivity index (χ2n) is 4.30. The number of ether oxygens (including phenoxy) is 1. The van der Waals surface area contributed by atoms with Crippen molar-refractivity contribution in [2.24, 2.45) is 5.73 Å². The molecule has 4 heteroatoms. The number of benzene rings is 2. The summed E-state index contributed by atoms with van der Waals surface area (Å²) in [7, 11) is 0. The minimum absolute atomic E-state index is 0.540. The molecule has 0 saturated heterocycles. The number of hydrogen-bond donors (Lipinski definition) is 1. The average molecular weight is 296 g/mol. The number of aryl methyl sites for hydroxylation is 1. The Bertz CT molecular complexity index is 584. The SMILES string of the molecule is Cc1ccc(Cl)c(Oc2c(Cl)cccc2CCN)c1. The van der Waals surface area contributed by atoms with Gasteiger partial charge in [0.1, 0.15) is 11.5 Å². The summed E-state index contributed by atoms with van der Waals surface area (Å²) < 4.78 is 5.88. The average Bonchev–Trinajstić information content (AvgIpc) is 2.38. The fourth-order valence-electron chi connectivity index (χ4n) is 1.82. The number of halogens is 2. The number of para-hydroxylation sites is 1. The van der Waals surface area contributed by atoms with E-state index in [0.717, 1.165) is 11.1 Å². The standard InChI is InChI=1S/C15H15Cl2NO/c1-10-5-6-12(16)14(9-10)19-15-11(7-8-18)3-2-4-13(15)17/h2-6,9H,7-8,18H2,1H3. The van der Waals surface area contributed by atoms with Gasteiger partial charge in [-0.25, -0.2) is 0 Å². The summed E-state index contributed by atoms with van der Waals surface area (Å²) in [5, 5.41) is 1.12. The van der Waals surface area contributed by atoms with Gasteiger partial charge < -0.3 is 10.5 Å². The second-order valence-corrected chi connectivity index (χ2v) is 5.12. The maximum absolute atomic E-state index is 6.20. The van der Waals surface area contributed by atoms with E-state index < -0.39 is 0 Å². The summed E-state index contributed by atoms with van der Waals surface area (Å²) in [5.41, 5.74) is 7.66. The number of rotatable bonds is 4. The predicted octanol–water partition coefficient (Wildman–Crippen LogP) is 4.60. The lowest BCUT2D eigenvalue weighted by atomic mass is 10.1. The molecule has 0 atom stereocenters. The normalized spacial score (nSPS) is 10.5. The molecule has 0 bridgehead atoms. The molecular weight excluding hydrogens is 281 g/mol. The summed E-state index contributed by atoms with van der Waals surface area (Å²) in [6, 6.07) is 11.3. The molecule has 0 aliphatic carbocycles. The van der Waals surface area contributed by atoms with Crippen molar-refractivity contribution in [3.8, 4) is 11.5 Å². The van der Waals surface area contributed by atoms with Crippen molar-refractivity contribution in [3.05, 3.63) is 57.6 Å². The summed E-state index contributed by atoms with van der Waals surface area (Å²) in [6.45, 7) is 2.52. The zero-order valence-corrected chi connectivity index (χ0v) is 12.1. The number of nitrogens with two attached hydrogens (primary N) is 1. The van der Waals surface area contributed by atoms with Gasteiger partial charge in [-0.2, -0.15) is 0 Å². The molecule has 2 aromatic carbocycles. The fourth-order valence-corrected chi connectivity index (χ4v) is 2.21. The van der Waals surface area contributed by atoms with E-state index >= 15 is 0 Å². The highest BCUT2D eigenvalue weighted by Gasteiger charge is 2.11. The third-order valence-electron chi connectivity index (χ3n) is 2.76. The van der Waals surface area contributed by atoms with E-state index in [1.165, 1.54) is 0 Å². The van der Waals surface area contributed by atoms with Crippen LogP contribution in [-0.4, -0.2) is 6.54 Å². The fraction of sp³-hybridized carbons (Fsp3) is 0.200. The first-order chi connectivity index (χ1) is 9.11. The monoisotopic (exact) mass is 295 g/mol. The van der Waals surface area contributed by atoms with Crippen molar-refractivity contribution < 1.29 is 4.74 Å². The maximum atomic E-state index is 6.20. The van der Waals surface area contributed by atoms with E-state index in [1.807, 2.05) is 37.3 Å². The van der Waals surface area contributed by atoms with Gasteiger partial charge in [-0.1, -0.05) is 41.4 Å². The van der Waals surface area contributed by atoms with E-state index in [4.69, 9.17) is 33.7 Å². The topological polar surface area (TPSA) is 35.2 Å². The van der Waals surface area contributed by atoms with E-state index in [-0.39, 0.29) is 0 Å². The van der Waals surface area contributed by atoms with E-state index in [1.54, 1.807) is 6.07 Å². The largest absolute Gasteiger partial charge is 0.454 e. The van der Waals surface area contributed by atoms with Crippen LogP contribution < -0.4 is 10.5 Å². The van der Waals surface area contributed by atoms with Crippen LogP contribution in [0.1, 0.15) is 11.1 Å². The molecule has 0 aromatic heterocycles. The Morgan fingerprint density at radius 2 is 1.89 bits per heavy atom. The Morgan fingerprint density at radius 1 is 1.11 bits per heavy atom. The van der Waals surface area contributed by atoms with Gasteiger partial charge in [0.05, 0.1) is 10.0 Å². The van der Waals surface area contributed by atoms with Crippen LogP contribution in [0, 0.1) is 6.92 Å². The second kappa shape index (κ2) is 6.29. The van der Waals surface area contributed by atoms with Gasteiger partial charge >= 0.3 is 0 Å². The first kappa shape index (κ1) is 14.2. The van der Waals surface area contributed by atoms with Gasteiger partial charge in [-0.15, -0.1) is 0 Å². The highest BCUT2D eigenvalue weighted by atomic mass is 35.5. The summed E-state index contributed by atoms with van der Waals surface area (Å²) in [4.78, 5) is 0. The van der Waals surface area contributed by atoms with Gasteiger partial charge in [-0.05, 0) is 49.2 Å². The molecule has 2 aromatic rings. The van der Waals surface area contributed by atoms with Crippen LogP contribution in [0.2, 0.25) is 10.0 Å². The minimum atomic E-state index is 0.540. The van der Waals surface area contributed by atoms with Crippen LogP contribution >= 0.6 is 23.2 Å². The molecule has 0 spiro atoms. The Morgan fingerprint density at radius 3 is 2.63 bits per heavy atom. The molecule has 0 radical (unpaired) electrons. The predicted molar refractivity (Wildman–Crippen MR) is 80.5 cm³/mol. The Balaban J connectivity index is 2.39. The minimum Gasteiger partial charge on any atom is -0.454 e. The molecule has 19 heavy (non-hydrogen) atoms. The highest BCUT2D eigenvalue weighted by molar-refractivity contribution is 6.33. The van der Waals surface area contributed by atoms with Gasteiger partial charge in [0.15, 0.2) is 0 Å². The molecule has 0 unspecified atom stereocenters. The van der Waals surface area contributed by atoms with E-state index in [2.05, 4.69) is 0 Å². The van der Waals surface area contributed by atoms with Gasteiger partial charge in [0.2, 0.25) is 0 Å². The van der Waals surface area contributed by atoms with Crippen LogP contribution in [0.3, 0.4) is 0 Å². The maximum Gasteiger partial charge on any atom is 0.149 e. The van der Waals surface area contributed by atoms with Crippen molar-refractivity contribution >= 4 is 23.2 Å². The first-order valence-corrected chi connectivity index (χ1v) is 6.79. The lowest BCUT2D eigenvalue weighted by Gasteiger charge is -2.13. The molecule has 0 aliphatic heterocycles. The van der Waals surface area contributed by atoms with Crippen molar-refractivity contribution in [2.45, 2.75) is 13.3 Å². The van der Waals surface area contributed by atoms with Crippen LogP contribution in [0.25, 0.3) is 0 Å². The van der Waals surface area contributed by atoms with Crippen molar-refractivity contribution in [1.29, 1.82) is 0 Å². The molecule has 0 heterocycles. The first-order valence-electron chi connectivity index (χ1n) is 6.03. The third-order valence-corrected chi connectivity index (χ3v) is 3.37. The zero-order chi connectivity index (χ0) is 13.8. The summed E-state index contributed by atoms with van der Waals surface area (Å²) in [6.07, 6.45) is 0.708. The highest BCUT2D eigenvalue weighted by Crippen LogP contribution is 2.36. The molecule has 100 valence electrons. The van der Waals surface area contributed by atoms with E-state index in [9.17, 15) is 0 Å². The molecule has 2 rings (SSSR count). The molecule has 0 saturated carbocycles. The Hall–Kier alpha value is -1.22. The van der Waals surface area contributed by atoms with Crippen LogP contribution in [-0.2, 0) is 6.42 Å². The van der Waals surface area contributed by atoms with Gasteiger partial charge in [0, 0.05) is 0 Å². The molecule has 0 amide bonds. The van der Waals surface area contributed by atoms with Crippen molar-refractivity contribution in [3.63, 3.8) is 0 Å². The van der Waals surface area contributed by atoms with Crippen LogP contribution in [0.4, 0.5) is 0 Å². The zero-order valence-electron chi connectivity index (χ0n) is 10.6. The molecule has 2 N–H and O–H groups in total. The smallest absolute Gasteiger partial charge is 0.149 e. The Labute approximate surface area is 123 Å². The molecular formula is C15H15Cl2NO. The molecule has 0 aliphatic rings. The van der Waals surface area contributed by atoms with E-state index in [0.29, 0.717) is 34.5 Å². The summed E-state index contributed by atoms with van der Waals surface area (Å²) >= 11 is 12.3. The van der Waals surface area contributed by atoms with Crippen molar-refractivity contribution in [2.75, 3.05) is 6.54 Å².